The summed E-state index contributed by atoms with van der Waals surface area (Å²) in [7, 11) is 5.84. The van der Waals surface area contributed by atoms with Crippen LogP contribution in [-0.4, -0.2) is 56.6 Å². The Bertz CT molecular complexity index is 513. The summed E-state index contributed by atoms with van der Waals surface area (Å²) in [4.78, 5) is 9.08. The number of likely N-dealkylation sites (N-methyl/N-ethyl adjacent to an activating group) is 1. The van der Waals surface area contributed by atoms with Crippen molar-refractivity contribution >= 4 is 29.9 Å². The normalized spacial score (nSPS) is 17.2. The second kappa shape index (κ2) is 10.8. The van der Waals surface area contributed by atoms with Crippen molar-refractivity contribution in [1.29, 1.82) is 0 Å². The molecule has 1 aliphatic heterocycles. The van der Waals surface area contributed by atoms with E-state index in [2.05, 4.69) is 41.0 Å². The highest BCUT2D eigenvalue weighted by molar-refractivity contribution is 14.0. The van der Waals surface area contributed by atoms with Crippen LogP contribution in [0.5, 0.6) is 5.75 Å². The third-order valence-electron chi connectivity index (χ3n) is 4.46. The highest BCUT2D eigenvalue weighted by atomic mass is 127. The minimum Gasteiger partial charge on any atom is -0.497 e. The Kier molecular flexibility index (Phi) is 9.43. The molecule has 2 rings (SSSR count). The summed E-state index contributed by atoms with van der Waals surface area (Å²) in [5, 5.41) is 0. The van der Waals surface area contributed by atoms with Crippen LogP contribution >= 0.6 is 24.0 Å². The van der Waals surface area contributed by atoms with Crippen molar-refractivity contribution in [3.05, 3.63) is 29.8 Å². The van der Waals surface area contributed by atoms with Crippen LogP contribution in [0.3, 0.4) is 0 Å². The molecule has 1 atom stereocenters. The van der Waals surface area contributed by atoms with Gasteiger partial charge in [-0.2, -0.15) is 0 Å². The van der Waals surface area contributed by atoms with Crippen molar-refractivity contribution in [3.63, 3.8) is 0 Å². The largest absolute Gasteiger partial charge is 0.497 e. The quantitative estimate of drug-likeness (QED) is 0.429. The van der Waals surface area contributed by atoms with Crippen LogP contribution < -0.4 is 10.5 Å². The fourth-order valence-electron chi connectivity index (χ4n) is 3.00. The van der Waals surface area contributed by atoms with Crippen LogP contribution in [0.15, 0.2) is 29.3 Å². The molecule has 1 unspecified atom stereocenters. The number of aliphatic imine (C=N–C) groups is 1. The van der Waals surface area contributed by atoms with Crippen molar-refractivity contribution < 1.29 is 4.74 Å². The second-order valence-corrected chi connectivity index (χ2v) is 6.36. The highest BCUT2D eigenvalue weighted by Gasteiger charge is 2.16. The Labute approximate surface area is 163 Å². The molecule has 1 saturated heterocycles. The Morgan fingerprint density at radius 2 is 1.92 bits per heavy atom. The third kappa shape index (κ3) is 6.12. The lowest BCUT2D eigenvalue weighted by Gasteiger charge is -2.25. The molecule has 1 fully saturated rings. The molecular formula is C18H31IN4O. The zero-order valence-electron chi connectivity index (χ0n) is 15.1. The van der Waals surface area contributed by atoms with Crippen molar-refractivity contribution in [1.82, 2.24) is 9.80 Å². The average molecular weight is 446 g/mol. The van der Waals surface area contributed by atoms with Gasteiger partial charge in [-0.3, -0.25) is 4.99 Å². The van der Waals surface area contributed by atoms with Crippen molar-refractivity contribution in [2.75, 3.05) is 40.8 Å². The maximum atomic E-state index is 6.23. The van der Waals surface area contributed by atoms with Gasteiger partial charge in [0.1, 0.15) is 5.75 Å². The van der Waals surface area contributed by atoms with Gasteiger partial charge in [0.2, 0.25) is 0 Å². The number of halogens is 1. The van der Waals surface area contributed by atoms with Crippen LogP contribution in [-0.2, 0) is 0 Å². The number of likely N-dealkylation sites (tertiary alicyclic amines) is 1. The van der Waals surface area contributed by atoms with E-state index < -0.39 is 0 Å². The first-order valence-corrected chi connectivity index (χ1v) is 8.47. The Balaban J connectivity index is 0.00000288. The maximum absolute atomic E-state index is 6.23. The monoisotopic (exact) mass is 446 g/mol. The third-order valence-corrected chi connectivity index (χ3v) is 4.46. The van der Waals surface area contributed by atoms with Crippen molar-refractivity contribution in [2.24, 2.45) is 10.7 Å². The van der Waals surface area contributed by atoms with E-state index in [1.807, 2.05) is 12.1 Å². The number of nitrogens with zero attached hydrogens (tertiary/aromatic N) is 3. The van der Waals surface area contributed by atoms with Gasteiger partial charge in [-0.05, 0) is 44.6 Å². The van der Waals surface area contributed by atoms with E-state index in [0.717, 1.165) is 18.8 Å². The lowest BCUT2D eigenvalue weighted by Crippen LogP contribution is -2.38. The zero-order chi connectivity index (χ0) is 16.7. The molecule has 0 radical (unpaired) electrons. The molecule has 2 N–H and O–H groups in total. The van der Waals surface area contributed by atoms with Gasteiger partial charge in [0.15, 0.2) is 5.96 Å². The van der Waals surface area contributed by atoms with Gasteiger partial charge >= 0.3 is 0 Å². The molecule has 1 heterocycles. The van der Waals surface area contributed by atoms with Crippen molar-refractivity contribution in [2.45, 2.75) is 31.7 Å². The molecule has 0 amide bonds. The molecule has 0 bridgehead atoms. The fourth-order valence-corrected chi connectivity index (χ4v) is 3.00. The maximum Gasteiger partial charge on any atom is 0.191 e. The summed E-state index contributed by atoms with van der Waals surface area (Å²) < 4.78 is 5.33. The van der Waals surface area contributed by atoms with Gasteiger partial charge < -0.3 is 20.3 Å². The van der Waals surface area contributed by atoms with E-state index in [9.17, 15) is 0 Å². The van der Waals surface area contributed by atoms with Crippen LogP contribution in [0.1, 0.15) is 37.3 Å². The minimum atomic E-state index is 0. The average Bonchev–Trinajstić information content (AvgIpc) is 2.84. The summed E-state index contributed by atoms with van der Waals surface area (Å²) in [6.07, 6.45) is 5.02. The number of nitrogens with two attached hydrogens (primary N) is 1. The van der Waals surface area contributed by atoms with E-state index >= 15 is 0 Å². The van der Waals surface area contributed by atoms with Gasteiger partial charge in [0.25, 0.3) is 0 Å². The highest BCUT2D eigenvalue weighted by Crippen LogP contribution is 2.23. The smallest absolute Gasteiger partial charge is 0.191 e. The van der Waals surface area contributed by atoms with Crippen LogP contribution in [0.25, 0.3) is 0 Å². The second-order valence-electron chi connectivity index (χ2n) is 6.36. The number of rotatable bonds is 5. The first-order chi connectivity index (χ1) is 11.1. The lowest BCUT2D eigenvalue weighted by molar-refractivity contribution is 0.304. The number of hydrogen-bond donors (Lipinski definition) is 1. The summed E-state index contributed by atoms with van der Waals surface area (Å²) >= 11 is 0. The molecule has 0 aromatic heterocycles. The number of methoxy groups -OCH3 is 1. The lowest BCUT2D eigenvalue weighted by atomic mass is 10.1. The van der Waals surface area contributed by atoms with E-state index in [0.29, 0.717) is 12.5 Å². The molecule has 0 saturated carbocycles. The summed E-state index contributed by atoms with van der Waals surface area (Å²) in [5.41, 5.74) is 7.43. The first-order valence-electron chi connectivity index (χ1n) is 8.47. The first kappa shape index (κ1) is 21.0. The number of hydrogen-bond acceptors (Lipinski definition) is 3. The molecule has 0 spiro atoms. The van der Waals surface area contributed by atoms with E-state index in [1.54, 1.807) is 7.11 Å². The van der Waals surface area contributed by atoms with Crippen LogP contribution in [0.4, 0.5) is 0 Å². The zero-order valence-corrected chi connectivity index (χ0v) is 17.4. The molecule has 1 aromatic carbocycles. The summed E-state index contributed by atoms with van der Waals surface area (Å²) in [6, 6.07) is 8.36. The Morgan fingerprint density at radius 3 is 2.50 bits per heavy atom. The van der Waals surface area contributed by atoms with Gasteiger partial charge in [-0.25, -0.2) is 0 Å². The molecule has 1 aromatic rings. The fraction of sp³-hybridized carbons (Fsp3) is 0.611. The van der Waals surface area contributed by atoms with Crippen molar-refractivity contribution in [3.8, 4) is 5.75 Å². The molecule has 5 nitrogen and oxygen atoms in total. The van der Waals surface area contributed by atoms with Crippen LogP contribution in [0.2, 0.25) is 0 Å². The molecule has 6 heteroatoms. The SMILES string of the molecule is COc1cccc(C(CN=C(N)N2CCCCCC2)N(C)C)c1.I. The van der Waals surface area contributed by atoms with E-state index in [4.69, 9.17) is 10.5 Å². The van der Waals surface area contributed by atoms with Gasteiger partial charge in [-0.15, -0.1) is 24.0 Å². The number of benzene rings is 1. The van der Waals surface area contributed by atoms with Gasteiger partial charge in [0, 0.05) is 13.1 Å². The summed E-state index contributed by atoms with van der Waals surface area (Å²) in [5.74, 6) is 1.56. The Morgan fingerprint density at radius 1 is 1.25 bits per heavy atom. The van der Waals surface area contributed by atoms with Gasteiger partial charge in [0.05, 0.1) is 19.7 Å². The van der Waals surface area contributed by atoms with E-state index in [-0.39, 0.29) is 30.0 Å². The molecule has 0 aliphatic carbocycles. The molecular weight excluding hydrogens is 415 g/mol. The predicted molar refractivity (Wildman–Crippen MR) is 111 cm³/mol. The minimum absolute atomic E-state index is 0. The van der Waals surface area contributed by atoms with Gasteiger partial charge in [-0.1, -0.05) is 25.0 Å². The molecule has 136 valence electrons. The number of ether oxygens (including phenoxy) is 1. The van der Waals surface area contributed by atoms with Crippen LogP contribution in [0, 0.1) is 0 Å². The molecule has 24 heavy (non-hydrogen) atoms. The molecule has 1 aliphatic rings. The van der Waals surface area contributed by atoms with E-state index in [1.165, 1.54) is 31.2 Å². The predicted octanol–water partition coefficient (Wildman–Crippen LogP) is 3.11. The number of guanidine groups is 1. The Hall–Kier alpha value is -1.02. The standard InChI is InChI=1S/C18H30N4O.HI/c1-21(2)17(15-9-8-10-16(13-15)23-3)14-20-18(19)22-11-6-4-5-7-12-22;/h8-10,13,17H,4-7,11-12,14H2,1-3H3,(H2,19,20);1H. The topological polar surface area (TPSA) is 54.1 Å². The summed E-state index contributed by atoms with van der Waals surface area (Å²) in [6.45, 7) is 2.71.